The van der Waals surface area contributed by atoms with Gasteiger partial charge in [-0.15, -0.1) is 0 Å². The maximum atomic E-state index is 13.2. The molecule has 134 valence electrons. The Labute approximate surface area is 148 Å². The summed E-state index contributed by atoms with van der Waals surface area (Å²) in [6.07, 6.45) is 2.96. The predicted molar refractivity (Wildman–Crippen MR) is 95.2 cm³/mol. The summed E-state index contributed by atoms with van der Waals surface area (Å²) < 4.78 is 27.9. The van der Waals surface area contributed by atoms with Gasteiger partial charge in [0.1, 0.15) is 4.90 Å². The number of piperazine rings is 2. The van der Waals surface area contributed by atoms with Gasteiger partial charge in [0.05, 0.1) is 10.7 Å². The van der Waals surface area contributed by atoms with Gasteiger partial charge in [0.25, 0.3) is 0 Å². The van der Waals surface area contributed by atoms with Crippen LogP contribution in [-0.4, -0.2) is 81.5 Å². The van der Waals surface area contributed by atoms with E-state index < -0.39 is 10.0 Å². The highest BCUT2D eigenvalue weighted by Gasteiger charge is 2.32. The van der Waals surface area contributed by atoms with E-state index in [4.69, 9.17) is 11.6 Å². The lowest BCUT2D eigenvalue weighted by Crippen LogP contribution is -2.49. The molecule has 2 saturated heterocycles. The van der Waals surface area contributed by atoms with Crippen molar-refractivity contribution in [3.05, 3.63) is 17.4 Å². The highest BCUT2D eigenvalue weighted by atomic mass is 35.5. The summed E-state index contributed by atoms with van der Waals surface area (Å²) in [6.45, 7) is 8.64. The van der Waals surface area contributed by atoms with E-state index >= 15 is 0 Å². The highest BCUT2D eigenvalue weighted by molar-refractivity contribution is 7.89. The number of halogens is 1. The minimum atomic E-state index is -3.60. The second-order valence-electron chi connectivity index (χ2n) is 6.04. The van der Waals surface area contributed by atoms with Crippen molar-refractivity contribution < 1.29 is 8.42 Å². The highest BCUT2D eigenvalue weighted by Crippen LogP contribution is 2.34. The quantitative estimate of drug-likeness (QED) is 0.827. The van der Waals surface area contributed by atoms with Gasteiger partial charge in [-0.25, -0.2) is 8.42 Å². The molecule has 1 aromatic heterocycles. The molecule has 3 rings (SSSR count). The average molecular weight is 374 g/mol. The molecule has 0 aliphatic carbocycles. The van der Waals surface area contributed by atoms with Crippen molar-refractivity contribution in [3.8, 4) is 0 Å². The first kappa shape index (κ1) is 17.9. The molecule has 0 aromatic carbocycles. The molecule has 1 aromatic rings. The molecule has 2 fully saturated rings. The largest absolute Gasteiger partial charge is 0.367 e. The van der Waals surface area contributed by atoms with E-state index in [9.17, 15) is 8.42 Å². The van der Waals surface area contributed by atoms with Gasteiger partial charge in [0, 0.05) is 64.8 Å². The number of nitrogens with one attached hydrogen (secondary N) is 1. The van der Waals surface area contributed by atoms with Crippen LogP contribution >= 0.6 is 11.6 Å². The van der Waals surface area contributed by atoms with E-state index in [2.05, 4.69) is 22.1 Å². The number of anilines is 1. The first-order valence-electron chi connectivity index (χ1n) is 8.35. The fourth-order valence-electron chi connectivity index (χ4n) is 3.22. The van der Waals surface area contributed by atoms with Crippen molar-refractivity contribution >= 4 is 27.3 Å². The van der Waals surface area contributed by atoms with Crippen LogP contribution in [0.4, 0.5) is 5.69 Å². The summed E-state index contributed by atoms with van der Waals surface area (Å²) in [4.78, 5) is 8.55. The Morgan fingerprint density at radius 2 is 1.79 bits per heavy atom. The first-order chi connectivity index (χ1) is 11.5. The summed E-state index contributed by atoms with van der Waals surface area (Å²) in [5.41, 5.74) is 0.589. The Balaban J connectivity index is 1.92. The van der Waals surface area contributed by atoms with Crippen molar-refractivity contribution in [1.29, 1.82) is 0 Å². The van der Waals surface area contributed by atoms with Gasteiger partial charge in [-0.1, -0.05) is 18.5 Å². The summed E-state index contributed by atoms with van der Waals surface area (Å²) in [5.74, 6) is 0. The van der Waals surface area contributed by atoms with Crippen LogP contribution in [0.25, 0.3) is 0 Å². The van der Waals surface area contributed by atoms with Gasteiger partial charge in [0.15, 0.2) is 0 Å². The molecule has 9 heteroatoms. The maximum absolute atomic E-state index is 13.2. The van der Waals surface area contributed by atoms with Crippen LogP contribution < -0.4 is 10.2 Å². The molecular formula is C15H24ClN5O2S. The molecule has 0 radical (unpaired) electrons. The van der Waals surface area contributed by atoms with E-state index in [1.165, 1.54) is 12.4 Å². The number of hydrogen-bond acceptors (Lipinski definition) is 6. The van der Waals surface area contributed by atoms with Crippen LogP contribution in [0.15, 0.2) is 17.3 Å². The van der Waals surface area contributed by atoms with Crippen LogP contribution in [0.2, 0.25) is 5.02 Å². The third kappa shape index (κ3) is 3.52. The fourth-order valence-corrected chi connectivity index (χ4v) is 5.15. The first-order valence-corrected chi connectivity index (χ1v) is 10.2. The zero-order valence-corrected chi connectivity index (χ0v) is 15.5. The number of pyridine rings is 1. The lowest BCUT2D eigenvalue weighted by Gasteiger charge is -2.35. The number of sulfonamides is 1. The zero-order valence-electron chi connectivity index (χ0n) is 13.9. The third-order valence-corrected chi connectivity index (χ3v) is 6.84. The molecule has 2 aliphatic rings. The third-order valence-electron chi connectivity index (χ3n) is 4.67. The maximum Gasteiger partial charge on any atom is 0.246 e. The molecule has 3 heterocycles. The van der Waals surface area contributed by atoms with Gasteiger partial charge in [-0.05, 0) is 6.54 Å². The SMILES string of the molecule is CCN1CCN(S(=O)(=O)c2cncc(Cl)c2N2CCNCC2)CC1. The topological polar surface area (TPSA) is 68.8 Å². The van der Waals surface area contributed by atoms with Crippen molar-refractivity contribution in [2.45, 2.75) is 11.8 Å². The molecule has 0 bridgehead atoms. The average Bonchev–Trinajstić information content (AvgIpc) is 2.62. The zero-order chi connectivity index (χ0) is 17.2. The number of aromatic nitrogens is 1. The summed E-state index contributed by atoms with van der Waals surface area (Å²) in [6, 6.07) is 0. The smallest absolute Gasteiger partial charge is 0.246 e. The second-order valence-corrected chi connectivity index (χ2v) is 8.36. The molecule has 0 saturated carbocycles. The number of likely N-dealkylation sites (N-methyl/N-ethyl adjacent to an activating group) is 1. The van der Waals surface area contributed by atoms with Gasteiger partial charge in [0.2, 0.25) is 10.0 Å². The minimum absolute atomic E-state index is 0.224. The van der Waals surface area contributed by atoms with E-state index in [1.54, 1.807) is 4.31 Å². The number of nitrogens with zero attached hydrogens (tertiary/aromatic N) is 4. The molecule has 0 amide bonds. The predicted octanol–water partition coefficient (Wildman–Crippen LogP) is 0.471. The lowest BCUT2D eigenvalue weighted by atomic mass is 10.3. The van der Waals surface area contributed by atoms with E-state index in [-0.39, 0.29) is 4.90 Å². The van der Waals surface area contributed by atoms with E-state index in [0.29, 0.717) is 23.8 Å². The van der Waals surface area contributed by atoms with Crippen LogP contribution in [0.5, 0.6) is 0 Å². The number of rotatable bonds is 4. The van der Waals surface area contributed by atoms with Crippen LogP contribution in [-0.2, 0) is 10.0 Å². The molecule has 0 atom stereocenters. The lowest BCUT2D eigenvalue weighted by molar-refractivity contribution is 0.196. The van der Waals surface area contributed by atoms with Crippen LogP contribution in [0.1, 0.15) is 6.92 Å². The van der Waals surface area contributed by atoms with E-state index in [1.807, 2.05) is 4.90 Å². The Morgan fingerprint density at radius 1 is 1.12 bits per heavy atom. The Kier molecular flexibility index (Phi) is 5.61. The molecule has 7 nitrogen and oxygen atoms in total. The molecule has 0 unspecified atom stereocenters. The second kappa shape index (κ2) is 7.53. The molecular weight excluding hydrogens is 350 g/mol. The number of hydrogen-bond donors (Lipinski definition) is 1. The molecule has 1 N–H and O–H groups in total. The van der Waals surface area contributed by atoms with Gasteiger partial charge in [-0.3, -0.25) is 4.98 Å². The Morgan fingerprint density at radius 3 is 2.42 bits per heavy atom. The summed E-state index contributed by atoms with van der Waals surface area (Å²) in [7, 11) is -3.60. The van der Waals surface area contributed by atoms with Crippen molar-refractivity contribution in [3.63, 3.8) is 0 Å². The van der Waals surface area contributed by atoms with Gasteiger partial charge < -0.3 is 15.1 Å². The molecule has 0 spiro atoms. The van der Waals surface area contributed by atoms with Crippen molar-refractivity contribution in [2.24, 2.45) is 0 Å². The Hall–Kier alpha value is -0.930. The van der Waals surface area contributed by atoms with Gasteiger partial charge >= 0.3 is 0 Å². The monoisotopic (exact) mass is 373 g/mol. The van der Waals surface area contributed by atoms with Crippen molar-refractivity contribution in [2.75, 3.05) is 63.8 Å². The Bertz CT molecular complexity index is 670. The fraction of sp³-hybridized carbons (Fsp3) is 0.667. The molecule has 24 heavy (non-hydrogen) atoms. The summed E-state index contributed by atoms with van der Waals surface area (Å²) >= 11 is 6.34. The van der Waals surface area contributed by atoms with Crippen LogP contribution in [0.3, 0.4) is 0 Å². The van der Waals surface area contributed by atoms with Gasteiger partial charge in [-0.2, -0.15) is 4.31 Å². The van der Waals surface area contributed by atoms with Crippen molar-refractivity contribution in [1.82, 2.24) is 19.5 Å². The summed E-state index contributed by atoms with van der Waals surface area (Å²) in [5, 5.41) is 3.66. The molecule has 2 aliphatic heterocycles. The van der Waals surface area contributed by atoms with E-state index in [0.717, 1.165) is 45.8 Å². The minimum Gasteiger partial charge on any atom is -0.367 e. The standard InChI is InChI=1S/C15H24ClN5O2S/c1-2-19-7-9-21(10-8-19)24(22,23)14-12-18-11-13(16)15(14)20-5-3-17-4-6-20/h11-12,17H,2-10H2,1H3. The normalized spacial score (nSPS) is 21.2. The van der Waals surface area contributed by atoms with Crippen LogP contribution in [0, 0.1) is 0 Å².